The Morgan fingerprint density at radius 1 is 1.33 bits per heavy atom. The van der Waals surface area contributed by atoms with Gasteiger partial charge >= 0.3 is 0 Å². The fourth-order valence-corrected chi connectivity index (χ4v) is 3.27. The highest BCUT2D eigenvalue weighted by Gasteiger charge is 2.29. The average Bonchev–Trinajstić information content (AvgIpc) is 2.62. The summed E-state index contributed by atoms with van der Waals surface area (Å²) >= 11 is 0. The van der Waals surface area contributed by atoms with Crippen molar-refractivity contribution >= 4 is 27.3 Å². The predicted molar refractivity (Wildman–Crippen MR) is 69.5 cm³/mol. The molecule has 2 rings (SSSR count). The minimum absolute atomic E-state index is 0.127. The molecule has 0 bridgehead atoms. The number of benzene rings is 1. The second-order valence-electron chi connectivity index (χ2n) is 4.17. The van der Waals surface area contributed by atoms with E-state index in [4.69, 9.17) is 5.73 Å². The highest BCUT2D eigenvalue weighted by molar-refractivity contribution is 7.89. The smallest absolute Gasteiger partial charge is 0.239 e. The van der Waals surface area contributed by atoms with Crippen LogP contribution in [0.4, 0.5) is 11.4 Å². The van der Waals surface area contributed by atoms with Crippen molar-refractivity contribution in [3.05, 3.63) is 24.3 Å². The molecule has 6 nitrogen and oxygen atoms in total. The number of carbonyl (C=O) groups excluding carboxylic acids is 1. The lowest BCUT2D eigenvalue weighted by Gasteiger charge is -2.13. The molecular weight excluding hydrogens is 254 g/mol. The summed E-state index contributed by atoms with van der Waals surface area (Å²) < 4.78 is 24.3. The maximum atomic E-state index is 11.7. The molecule has 1 aliphatic rings. The first-order valence-corrected chi connectivity index (χ1v) is 7.21. The Morgan fingerprint density at radius 2 is 2.00 bits per heavy atom. The maximum Gasteiger partial charge on any atom is 0.239 e. The summed E-state index contributed by atoms with van der Waals surface area (Å²) in [6, 6.07) is 6.68. The van der Waals surface area contributed by atoms with Crippen LogP contribution in [-0.2, 0) is 14.8 Å². The molecule has 1 aromatic rings. The molecule has 1 heterocycles. The lowest BCUT2D eigenvalue weighted by molar-refractivity contribution is -0.116. The van der Waals surface area contributed by atoms with Gasteiger partial charge in [-0.25, -0.2) is 8.42 Å². The zero-order chi connectivity index (χ0) is 13.2. The Morgan fingerprint density at radius 3 is 2.56 bits per heavy atom. The number of hydrogen-bond donors (Lipinski definition) is 2. The summed E-state index contributed by atoms with van der Waals surface area (Å²) in [5.41, 5.74) is 6.73. The van der Waals surface area contributed by atoms with Crippen LogP contribution in [0.5, 0.6) is 0 Å². The molecule has 1 amide bonds. The van der Waals surface area contributed by atoms with Gasteiger partial charge in [-0.2, -0.15) is 4.31 Å². The number of nitrogens with one attached hydrogen (secondary N) is 1. The molecular formula is C11H15N3O3S. The second kappa shape index (κ2) is 4.95. The molecule has 7 heteroatoms. The molecule has 98 valence electrons. The van der Waals surface area contributed by atoms with Gasteiger partial charge in [0, 0.05) is 17.9 Å². The highest BCUT2D eigenvalue weighted by atomic mass is 32.2. The van der Waals surface area contributed by atoms with E-state index in [1.54, 1.807) is 24.3 Å². The van der Waals surface area contributed by atoms with E-state index in [1.807, 2.05) is 0 Å². The maximum absolute atomic E-state index is 11.7. The quantitative estimate of drug-likeness (QED) is 0.769. The number of carbonyl (C=O) groups is 1. The van der Waals surface area contributed by atoms with Gasteiger partial charge in [0.2, 0.25) is 15.9 Å². The molecule has 3 N–H and O–H groups in total. The Kier molecular flexibility index (Phi) is 3.53. The minimum Gasteiger partial charge on any atom is -0.399 e. The molecule has 0 saturated carbocycles. The monoisotopic (exact) mass is 269 g/mol. The van der Waals surface area contributed by atoms with Gasteiger partial charge in [-0.15, -0.1) is 0 Å². The number of nitrogen functional groups attached to an aromatic ring is 1. The fraction of sp³-hybridized carbons (Fsp3) is 0.364. The van der Waals surface area contributed by atoms with Crippen LogP contribution in [-0.4, -0.2) is 37.5 Å². The van der Waals surface area contributed by atoms with E-state index in [0.717, 1.165) is 0 Å². The van der Waals surface area contributed by atoms with E-state index >= 15 is 0 Å². The van der Waals surface area contributed by atoms with Crippen LogP contribution >= 0.6 is 0 Å². The normalized spacial score (nSPS) is 18.7. The largest absolute Gasteiger partial charge is 0.399 e. The number of amides is 1. The SMILES string of the molecule is Nc1ccc(NC(=O)CN2CCCS2(=O)=O)cc1. The molecule has 0 atom stereocenters. The molecule has 1 aromatic carbocycles. The zero-order valence-electron chi connectivity index (χ0n) is 9.80. The Balaban J connectivity index is 1.95. The zero-order valence-corrected chi connectivity index (χ0v) is 10.6. The molecule has 0 aromatic heterocycles. The summed E-state index contributed by atoms with van der Waals surface area (Å²) in [6.45, 7) is 0.282. The van der Waals surface area contributed by atoms with Crippen molar-refractivity contribution in [2.24, 2.45) is 0 Å². The van der Waals surface area contributed by atoms with Gasteiger partial charge in [-0.05, 0) is 30.7 Å². The molecule has 1 fully saturated rings. The van der Waals surface area contributed by atoms with E-state index in [0.29, 0.717) is 24.3 Å². The summed E-state index contributed by atoms with van der Waals surface area (Å²) in [5, 5.41) is 2.63. The first kappa shape index (κ1) is 12.8. The van der Waals surface area contributed by atoms with Crippen molar-refractivity contribution in [2.45, 2.75) is 6.42 Å². The third-order valence-corrected chi connectivity index (χ3v) is 4.62. The molecule has 0 unspecified atom stereocenters. The van der Waals surface area contributed by atoms with Crippen molar-refractivity contribution in [3.8, 4) is 0 Å². The molecule has 0 radical (unpaired) electrons. The van der Waals surface area contributed by atoms with Gasteiger partial charge in [0.15, 0.2) is 0 Å². The Bertz CT molecular complexity index is 539. The summed E-state index contributed by atoms with van der Waals surface area (Å²) in [6.07, 6.45) is 0.581. The molecule has 1 aliphatic heterocycles. The molecule has 0 aliphatic carbocycles. The number of nitrogens with zero attached hydrogens (tertiary/aromatic N) is 1. The lowest BCUT2D eigenvalue weighted by atomic mass is 10.3. The number of anilines is 2. The minimum atomic E-state index is -3.23. The van der Waals surface area contributed by atoms with Crippen molar-refractivity contribution in [3.63, 3.8) is 0 Å². The first-order valence-electron chi connectivity index (χ1n) is 5.60. The van der Waals surface area contributed by atoms with Gasteiger partial charge in [0.05, 0.1) is 12.3 Å². The van der Waals surface area contributed by atoms with Gasteiger partial charge < -0.3 is 11.1 Å². The van der Waals surface area contributed by atoms with Crippen LogP contribution in [0.25, 0.3) is 0 Å². The van der Waals surface area contributed by atoms with Gasteiger partial charge in [-0.3, -0.25) is 4.79 Å². The van der Waals surface area contributed by atoms with E-state index in [9.17, 15) is 13.2 Å². The topological polar surface area (TPSA) is 92.5 Å². The first-order chi connectivity index (χ1) is 8.47. The standard InChI is InChI=1S/C11H15N3O3S/c12-9-2-4-10(5-3-9)13-11(15)8-14-6-1-7-18(14,16)17/h2-5H,1,6-8,12H2,(H,13,15). The summed E-state index contributed by atoms with van der Waals surface area (Å²) in [4.78, 5) is 11.7. The van der Waals surface area contributed by atoms with E-state index < -0.39 is 10.0 Å². The Labute approximate surface area is 106 Å². The number of sulfonamides is 1. The van der Waals surface area contributed by atoms with Crippen LogP contribution in [0.2, 0.25) is 0 Å². The Hall–Kier alpha value is -1.60. The predicted octanol–water partition coefficient (Wildman–Crippen LogP) is 0.243. The molecule has 18 heavy (non-hydrogen) atoms. The number of hydrogen-bond acceptors (Lipinski definition) is 4. The number of nitrogens with two attached hydrogens (primary N) is 1. The average molecular weight is 269 g/mol. The van der Waals surface area contributed by atoms with Gasteiger partial charge in [0.25, 0.3) is 0 Å². The van der Waals surface area contributed by atoms with Crippen LogP contribution in [0.3, 0.4) is 0 Å². The van der Waals surface area contributed by atoms with Crippen LogP contribution < -0.4 is 11.1 Å². The van der Waals surface area contributed by atoms with Gasteiger partial charge in [0.1, 0.15) is 0 Å². The van der Waals surface area contributed by atoms with Crippen molar-refractivity contribution in [1.29, 1.82) is 0 Å². The molecule has 1 saturated heterocycles. The van der Waals surface area contributed by atoms with Crippen molar-refractivity contribution < 1.29 is 13.2 Å². The van der Waals surface area contributed by atoms with Crippen molar-refractivity contribution in [1.82, 2.24) is 4.31 Å². The van der Waals surface area contributed by atoms with Crippen LogP contribution in [0.15, 0.2) is 24.3 Å². The van der Waals surface area contributed by atoms with E-state index in [2.05, 4.69) is 5.32 Å². The number of rotatable bonds is 3. The highest BCUT2D eigenvalue weighted by Crippen LogP contribution is 2.14. The van der Waals surface area contributed by atoms with Gasteiger partial charge in [-0.1, -0.05) is 0 Å². The molecule has 0 spiro atoms. The second-order valence-corrected chi connectivity index (χ2v) is 6.26. The summed E-state index contributed by atoms with van der Waals surface area (Å²) in [5.74, 6) is -0.215. The van der Waals surface area contributed by atoms with Crippen LogP contribution in [0.1, 0.15) is 6.42 Å². The fourth-order valence-electron chi connectivity index (χ4n) is 1.80. The summed E-state index contributed by atoms with van der Waals surface area (Å²) in [7, 11) is -3.23. The van der Waals surface area contributed by atoms with E-state index in [-0.39, 0.29) is 18.2 Å². The van der Waals surface area contributed by atoms with E-state index in [1.165, 1.54) is 4.31 Å². The lowest BCUT2D eigenvalue weighted by Crippen LogP contribution is -2.34. The third-order valence-electron chi connectivity index (χ3n) is 2.72. The van der Waals surface area contributed by atoms with Crippen LogP contribution in [0, 0.1) is 0 Å². The third kappa shape index (κ3) is 2.99. The van der Waals surface area contributed by atoms with Crippen molar-refractivity contribution in [2.75, 3.05) is 29.9 Å².